The highest BCUT2D eigenvalue weighted by Gasteiger charge is 2.15. The van der Waals surface area contributed by atoms with Gasteiger partial charge in [0, 0.05) is 6.04 Å². The second-order valence-corrected chi connectivity index (χ2v) is 4.93. The van der Waals surface area contributed by atoms with Gasteiger partial charge in [-0.2, -0.15) is 0 Å². The summed E-state index contributed by atoms with van der Waals surface area (Å²) in [5.41, 5.74) is 1.18. The minimum Gasteiger partial charge on any atom is -0.314 e. The maximum atomic E-state index is 13.0. The smallest absolute Gasteiger partial charge is 0.137 e. The van der Waals surface area contributed by atoms with Crippen LogP contribution in [0.4, 0.5) is 4.39 Å². The van der Waals surface area contributed by atoms with Gasteiger partial charge in [0.15, 0.2) is 0 Å². The molecule has 82 valence electrons. The fourth-order valence-electron chi connectivity index (χ4n) is 1.73. The van der Waals surface area contributed by atoms with E-state index in [1.807, 2.05) is 12.1 Å². The van der Waals surface area contributed by atoms with Gasteiger partial charge >= 0.3 is 0 Å². The predicted octanol–water partition coefficient (Wildman–Crippen LogP) is 3.27. The fraction of sp³-hybridized carbons (Fsp3) is 0.500. The Morgan fingerprint density at radius 1 is 1.40 bits per heavy atom. The summed E-state index contributed by atoms with van der Waals surface area (Å²) < 4.78 is 13.5. The summed E-state index contributed by atoms with van der Waals surface area (Å²) in [6, 6.07) is 5.96. The molecule has 1 aliphatic carbocycles. The Hall–Kier alpha value is -0.410. The molecule has 0 heterocycles. The number of hydrogen-bond donors (Lipinski definition) is 1. The molecule has 0 unspecified atom stereocenters. The van der Waals surface area contributed by atoms with Gasteiger partial charge in [0.05, 0.1) is 4.47 Å². The summed E-state index contributed by atoms with van der Waals surface area (Å²) in [6.07, 6.45) is 4.95. The van der Waals surface area contributed by atoms with Crippen LogP contribution in [0.15, 0.2) is 22.7 Å². The van der Waals surface area contributed by atoms with E-state index in [-0.39, 0.29) is 5.82 Å². The van der Waals surface area contributed by atoms with E-state index in [4.69, 9.17) is 0 Å². The molecule has 1 aliphatic rings. The predicted molar refractivity (Wildman–Crippen MR) is 63.4 cm³/mol. The first-order valence-corrected chi connectivity index (χ1v) is 6.22. The normalized spacial score (nSPS) is 16.4. The molecular formula is C12H15BrFN. The SMILES string of the molecule is Fc1ccc(CCNC2CCC2)cc1Br. The Balaban J connectivity index is 1.79. The van der Waals surface area contributed by atoms with Gasteiger partial charge in [-0.3, -0.25) is 0 Å². The molecule has 0 atom stereocenters. The largest absolute Gasteiger partial charge is 0.314 e. The Bertz CT molecular complexity index is 336. The van der Waals surface area contributed by atoms with Gasteiger partial charge < -0.3 is 5.32 Å². The van der Waals surface area contributed by atoms with Crippen molar-refractivity contribution in [2.24, 2.45) is 0 Å². The zero-order chi connectivity index (χ0) is 10.7. The minimum absolute atomic E-state index is 0.189. The molecule has 0 saturated heterocycles. The van der Waals surface area contributed by atoms with Crippen LogP contribution in [0.5, 0.6) is 0 Å². The molecule has 0 spiro atoms. The van der Waals surface area contributed by atoms with E-state index in [0.29, 0.717) is 4.47 Å². The molecule has 0 bridgehead atoms. The van der Waals surface area contributed by atoms with Crippen LogP contribution in [0.2, 0.25) is 0 Å². The third-order valence-electron chi connectivity index (χ3n) is 2.94. The van der Waals surface area contributed by atoms with Crippen molar-refractivity contribution in [1.82, 2.24) is 5.32 Å². The number of halogens is 2. The van der Waals surface area contributed by atoms with Gasteiger partial charge in [0.1, 0.15) is 5.82 Å². The van der Waals surface area contributed by atoms with E-state index in [9.17, 15) is 4.39 Å². The molecule has 0 aromatic heterocycles. The van der Waals surface area contributed by atoms with Crippen molar-refractivity contribution >= 4 is 15.9 Å². The number of benzene rings is 1. The molecule has 0 radical (unpaired) electrons. The van der Waals surface area contributed by atoms with Crippen LogP contribution in [0.3, 0.4) is 0 Å². The van der Waals surface area contributed by atoms with E-state index in [1.165, 1.54) is 30.9 Å². The summed E-state index contributed by atoms with van der Waals surface area (Å²) >= 11 is 3.20. The molecule has 0 aliphatic heterocycles. The molecule has 3 heteroatoms. The first-order valence-electron chi connectivity index (χ1n) is 5.43. The van der Waals surface area contributed by atoms with Crippen molar-refractivity contribution in [1.29, 1.82) is 0 Å². The van der Waals surface area contributed by atoms with Crippen molar-refractivity contribution in [3.63, 3.8) is 0 Å². The zero-order valence-electron chi connectivity index (χ0n) is 8.60. The van der Waals surface area contributed by atoms with E-state index < -0.39 is 0 Å². The Kier molecular flexibility index (Phi) is 3.76. The van der Waals surface area contributed by atoms with Gasteiger partial charge in [-0.1, -0.05) is 12.5 Å². The average molecular weight is 272 g/mol. The molecule has 1 saturated carbocycles. The van der Waals surface area contributed by atoms with Crippen LogP contribution < -0.4 is 5.32 Å². The molecule has 15 heavy (non-hydrogen) atoms. The molecule has 1 fully saturated rings. The topological polar surface area (TPSA) is 12.0 Å². The lowest BCUT2D eigenvalue weighted by Gasteiger charge is -2.26. The highest BCUT2D eigenvalue weighted by molar-refractivity contribution is 9.10. The van der Waals surface area contributed by atoms with Gasteiger partial charge in [0.2, 0.25) is 0 Å². The van der Waals surface area contributed by atoms with E-state index in [2.05, 4.69) is 21.2 Å². The first-order chi connectivity index (χ1) is 7.25. The van der Waals surface area contributed by atoms with Gasteiger partial charge in [-0.05, 0) is 59.4 Å². The third-order valence-corrected chi connectivity index (χ3v) is 3.54. The summed E-state index contributed by atoms with van der Waals surface area (Å²) in [5, 5.41) is 3.49. The highest BCUT2D eigenvalue weighted by atomic mass is 79.9. The molecule has 1 nitrogen and oxygen atoms in total. The lowest BCUT2D eigenvalue weighted by molar-refractivity contribution is 0.342. The first kappa shape index (κ1) is 11.1. The van der Waals surface area contributed by atoms with Crippen molar-refractivity contribution in [3.8, 4) is 0 Å². The molecule has 1 N–H and O–H groups in total. The quantitative estimate of drug-likeness (QED) is 0.887. The van der Waals surface area contributed by atoms with Crippen LogP contribution in [0.25, 0.3) is 0 Å². The summed E-state index contributed by atoms with van der Waals surface area (Å²) in [7, 11) is 0. The maximum Gasteiger partial charge on any atom is 0.137 e. The van der Waals surface area contributed by atoms with E-state index >= 15 is 0 Å². The van der Waals surface area contributed by atoms with Crippen LogP contribution in [0, 0.1) is 5.82 Å². The van der Waals surface area contributed by atoms with Gasteiger partial charge in [-0.25, -0.2) is 4.39 Å². The van der Waals surface area contributed by atoms with Crippen LogP contribution in [-0.4, -0.2) is 12.6 Å². The molecular weight excluding hydrogens is 257 g/mol. The van der Waals surface area contributed by atoms with Crippen LogP contribution in [-0.2, 0) is 6.42 Å². The number of hydrogen-bond acceptors (Lipinski definition) is 1. The van der Waals surface area contributed by atoms with Crippen LogP contribution >= 0.6 is 15.9 Å². The second kappa shape index (κ2) is 5.08. The maximum absolute atomic E-state index is 13.0. The summed E-state index contributed by atoms with van der Waals surface area (Å²) in [4.78, 5) is 0. The van der Waals surface area contributed by atoms with Gasteiger partial charge in [0.25, 0.3) is 0 Å². The Morgan fingerprint density at radius 2 is 2.20 bits per heavy atom. The Labute approximate surface area is 98.2 Å². The van der Waals surface area contributed by atoms with Gasteiger partial charge in [-0.15, -0.1) is 0 Å². The minimum atomic E-state index is -0.189. The Morgan fingerprint density at radius 3 is 2.80 bits per heavy atom. The zero-order valence-corrected chi connectivity index (χ0v) is 10.2. The van der Waals surface area contributed by atoms with Crippen LogP contribution in [0.1, 0.15) is 24.8 Å². The second-order valence-electron chi connectivity index (χ2n) is 4.08. The van der Waals surface area contributed by atoms with Crippen molar-refractivity contribution in [2.45, 2.75) is 31.7 Å². The fourth-order valence-corrected chi connectivity index (χ4v) is 2.15. The monoisotopic (exact) mass is 271 g/mol. The molecule has 0 amide bonds. The van der Waals surface area contributed by atoms with Crippen molar-refractivity contribution in [3.05, 3.63) is 34.1 Å². The van der Waals surface area contributed by atoms with E-state index in [0.717, 1.165) is 19.0 Å². The summed E-state index contributed by atoms with van der Waals surface area (Å²) in [5.74, 6) is -0.189. The molecule has 1 aromatic carbocycles. The summed E-state index contributed by atoms with van der Waals surface area (Å²) in [6.45, 7) is 0.989. The van der Waals surface area contributed by atoms with Crippen molar-refractivity contribution in [2.75, 3.05) is 6.54 Å². The lowest BCUT2D eigenvalue weighted by atomic mass is 9.93. The number of nitrogens with one attached hydrogen (secondary N) is 1. The third kappa shape index (κ3) is 3.02. The average Bonchev–Trinajstić information content (AvgIpc) is 2.15. The van der Waals surface area contributed by atoms with E-state index in [1.54, 1.807) is 0 Å². The van der Waals surface area contributed by atoms with Crippen molar-refractivity contribution < 1.29 is 4.39 Å². The highest BCUT2D eigenvalue weighted by Crippen LogP contribution is 2.19. The number of rotatable bonds is 4. The standard InChI is InChI=1S/C12H15BrFN/c13-11-8-9(4-5-12(11)14)6-7-15-10-2-1-3-10/h4-5,8,10,15H,1-3,6-7H2. The molecule has 2 rings (SSSR count). The molecule has 1 aromatic rings. The lowest BCUT2D eigenvalue weighted by Crippen LogP contribution is -2.36.